The van der Waals surface area contributed by atoms with Crippen LogP contribution < -0.4 is 10.9 Å². The van der Waals surface area contributed by atoms with E-state index in [9.17, 15) is 9.59 Å². The first kappa shape index (κ1) is 18.5. The van der Waals surface area contributed by atoms with E-state index >= 15 is 0 Å². The molecule has 6 heteroatoms. The zero-order valence-electron chi connectivity index (χ0n) is 14.8. The number of aromatic nitrogens is 1. The van der Waals surface area contributed by atoms with E-state index in [0.29, 0.717) is 24.1 Å². The standard InChI is InChI=1S/C19H23N3O3/c1-12(6-7-15-5-4-10-25-15)21-18(23)9-8-16-13(2)17(11-20)19(24)22-14(16)3/h4-5,10,12H,6-9H2,1-3H3,(H,21,23)(H,22,24). The summed E-state index contributed by atoms with van der Waals surface area (Å²) in [5.74, 6) is 0.861. The smallest absolute Gasteiger partial charge is 0.266 e. The number of hydrogen-bond acceptors (Lipinski definition) is 4. The molecule has 0 saturated carbocycles. The summed E-state index contributed by atoms with van der Waals surface area (Å²) in [7, 11) is 0. The van der Waals surface area contributed by atoms with Crippen molar-refractivity contribution in [2.45, 2.75) is 52.5 Å². The average molecular weight is 341 g/mol. The number of carbonyl (C=O) groups excluding carboxylic acids is 1. The van der Waals surface area contributed by atoms with E-state index in [1.54, 1.807) is 20.1 Å². The van der Waals surface area contributed by atoms with Gasteiger partial charge in [-0.05, 0) is 56.9 Å². The van der Waals surface area contributed by atoms with E-state index in [4.69, 9.17) is 9.68 Å². The van der Waals surface area contributed by atoms with Gasteiger partial charge in [-0.3, -0.25) is 9.59 Å². The summed E-state index contributed by atoms with van der Waals surface area (Å²) < 4.78 is 5.28. The Balaban J connectivity index is 1.90. The fourth-order valence-corrected chi connectivity index (χ4v) is 2.89. The fourth-order valence-electron chi connectivity index (χ4n) is 2.89. The molecule has 2 rings (SSSR count). The maximum absolute atomic E-state index is 12.2. The zero-order valence-corrected chi connectivity index (χ0v) is 14.8. The number of carbonyl (C=O) groups is 1. The van der Waals surface area contributed by atoms with Gasteiger partial charge in [-0.2, -0.15) is 5.26 Å². The van der Waals surface area contributed by atoms with Crippen LogP contribution in [-0.2, 0) is 17.6 Å². The highest BCUT2D eigenvalue weighted by Crippen LogP contribution is 2.15. The van der Waals surface area contributed by atoms with Crippen LogP contribution >= 0.6 is 0 Å². The number of rotatable bonds is 7. The lowest BCUT2D eigenvalue weighted by molar-refractivity contribution is -0.121. The summed E-state index contributed by atoms with van der Waals surface area (Å²) in [5, 5.41) is 12.1. The second-order valence-corrected chi connectivity index (χ2v) is 6.26. The Morgan fingerprint density at radius 1 is 1.40 bits per heavy atom. The number of H-pyrrole nitrogens is 1. The second kappa shape index (κ2) is 8.34. The zero-order chi connectivity index (χ0) is 18.4. The van der Waals surface area contributed by atoms with Gasteiger partial charge in [0, 0.05) is 24.6 Å². The second-order valence-electron chi connectivity index (χ2n) is 6.26. The molecular weight excluding hydrogens is 318 g/mol. The first-order valence-corrected chi connectivity index (χ1v) is 8.36. The lowest BCUT2D eigenvalue weighted by Gasteiger charge is -2.14. The van der Waals surface area contributed by atoms with Gasteiger partial charge < -0.3 is 14.7 Å². The van der Waals surface area contributed by atoms with Crippen LogP contribution in [0.25, 0.3) is 0 Å². The molecule has 1 unspecified atom stereocenters. The number of nitrogens with zero attached hydrogens (tertiary/aromatic N) is 1. The van der Waals surface area contributed by atoms with E-state index < -0.39 is 0 Å². The molecule has 0 bridgehead atoms. The first-order chi connectivity index (χ1) is 11.9. The van der Waals surface area contributed by atoms with E-state index in [2.05, 4.69) is 10.3 Å². The number of nitriles is 1. The van der Waals surface area contributed by atoms with Gasteiger partial charge in [-0.25, -0.2) is 0 Å². The topological polar surface area (TPSA) is 98.9 Å². The Morgan fingerprint density at radius 3 is 2.80 bits per heavy atom. The Bertz CT molecular complexity index is 829. The predicted octanol–water partition coefficient (Wildman–Crippen LogP) is 2.53. The van der Waals surface area contributed by atoms with Crippen molar-refractivity contribution in [2.75, 3.05) is 0 Å². The highest BCUT2D eigenvalue weighted by molar-refractivity contribution is 5.76. The van der Waals surface area contributed by atoms with Gasteiger partial charge in [0.15, 0.2) is 0 Å². The molecule has 1 atom stereocenters. The molecule has 25 heavy (non-hydrogen) atoms. The minimum absolute atomic E-state index is 0.0459. The van der Waals surface area contributed by atoms with Gasteiger partial charge in [0.2, 0.25) is 5.91 Å². The normalized spacial score (nSPS) is 11.8. The molecular formula is C19H23N3O3. The number of pyridine rings is 1. The molecule has 0 saturated heterocycles. The van der Waals surface area contributed by atoms with E-state index in [1.807, 2.05) is 25.1 Å². The number of aryl methyl sites for hydroxylation is 2. The SMILES string of the molecule is Cc1[nH]c(=O)c(C#N)c(C)c1CCC(=O)NC(C)CCc1ccco1. The molecule has 0 spiro atoms. The minimum Gasteiger partial charge on any atom is -0.469 e. The van der Waals surface area contributed by atoms with Crippen molar-refractivity contribution in [1.29, 1.82) is 5.26 Å². The molecule has 2 aromatic rings. The van der Waals surface area contributed by atoms with E-state index in [1.165, 1.54) is 0 Å². The molecule has 0 aliphatic heterocycles. The summed E-state index contributed by atoms with van der Waals surface area (Å²) in [5.41, 5.74) is 1.96. The van der Waals surface area contributed by atoms with E-state index in [-0.39, 0.29) is 23.1 Å². The number of amides is 1. The summed E-state index contributed by atoms with van der Waals surface area (Å²) in [6.07, 6.45) is 4.01. The van der Waals surface area contributed by atoms with Gasteiger partial charge in [0.25, 0.3) is 5.56 Å². The van der Waals surface area contributed by atoms with Gasteiger partial charge in [-0.1, -0.05) is 0 Å². The molecule has 6 nitrogen and oxygen atoms in total. The Morgan fingerprint density at radius 2 is 2.16 bits per heavy atom. The van der Waals surface area contributed by atoms with Crippen LogP contribution in [0.1, 0.15) is 47.9 Å². The number of furan rings is 1. The highest BCUT2D eigenvalue weighted by Gasteiger charge is 2.14. The molecule has 1 amide bonds. The van der Waals surface area contributed by atoms with Crippen LogP contribution in [0, 0.1) is 25.2 Å². The molecule has 0 fully saturated rings. The maximum Gasteiger partial charge on any atom is 0.266 e. The first-order valence-electron chi connectivity index (χ1n) is 8.36. The van der Waals surface area contributed by atoms with Crippen LogP contribution in [0.15, 0.2) is 27.6 Å². The Kier molecular flexibility index (Phi) is 6.18. The van der Waals surface area contributed by atoms with Crippen molar-refractivity contribution in [2.24, 2.45) is 0 Å². The van der Waals surface area contributed by atoms with Crippen LogP contribution in [0.5, 0.6) is 0 Å². The summed E-state index contributed by atoms with van der Waals surface area (Å²) in [6.45, 7) is 5.50. The van der Waals surface area contributed by atoms with Crippen molar-refractivity contribution in [3.63, 3.8) is 0 Å². The number of hydrogen-bond donors (Lipinski definition) is 2. The van der Waals surface area contributed by atoms with Gasteiger partial charge in [0.1, 0.15) is 17.4 Å². The van der Waals surface area contributed by atoms with E-state index in [0.717, 1.165) is 24.2 Å². The lowest BCUT2D eigenvalue weighted by Crippen LogP contribution is -2.33. The third-order valence-corrected chi connectivity index (χ3v) is 4.33. The van der Waals surface area contributed by atoms with Crippen molar-refractivity contribution in [3.8, 4) is 6.07 Å². The molecule has 0 aliphatic rings. The van der Waals surface area contributed by atoms with Crippen molar-refractivity contribution in [3.05, 3.63) is 56.9 Å². The molecule has 2 N–H and O–H groups in total. The van der Waals surface area contributed by atoms with Crippen molar-refractivity contribution in [1.82, 2.24) is 10.3 Å². The third kappa shape index (κ3) is 4.83. The molecule has 0 aromatic carbocycles. The monoisotopic (exact) mass is 341 g/mol. The number of nitrogens with one attached hydrogen (secondary N) is 2. The van der Waals surface area contributed by atoms with Crippen molar-refractivity contribution >= 4 is 5.91 Å². The van der Waals surface area contributed by atoms with Crippen LogP contribution in [0.3, 0.4) is 0 Å². The predicted molar refractivity (Wildman–Crippen MR) is 94.2 cm³/mol. The summed E-state index contributed by atoms with van der Waals surface area (Å²) in [6, 6.07) is 5.74. The quantitative estimate of drug-likeness (QED) is 0.808. The summed E-state index contributed by atoms with van der Waals surface area (Å²) >= 11 is 0. The Hall–Kier alpha value is -2.81. The molecule has 0 radical (unpaired) electrons. The third-order valence-electron chi connectivity index (χ3n) is 4.33. The lowest BCUT2D eigenvalue weighted by atomic mass is 9.99. The Labute approximate surface area is 146 Å². The van der Waals surface area contributed by atoms with Gasteiger partial charge in [0.05, 0.1) is 6.26 Å². The van der Waals surface area contributed by atoms with Crippen molar-refractivity contribution < 1.29 is 9.21 Å². The van der Waals surface area contributed by atoms with Gasteiger partial charge in [-0.15, -0.1) is 0 Å². The molecule has 0 aliphatic carbocycles. The molecule has 2 heterocycles. The largest absolute Gasteiger partial charge is 0.469 e. The molecule has 2 aromatic heterocycles. The van der Waals surface area contributed by atoms with Gasteiger partial charge >= 0.3 is 0 Å². The van der Waals surface area contributed by atoms with Crippen LogP contribution in [0.4, 0.5) is 0 Å². The fraction of sp³-hybridized carbons (Fsp3) is 0.421. The average Bonchev–Trinajstić information content (AvgIpc) is 3.06. The maximum atomic E-state index is 12.2. The number of aromatic amines is 1. The van der Waals surface area contributed by atoms with Crippen LogP contribution in [-0.4, -0.2) is 16.9 Å². The van der Waals surface area contributed by atoms with Crippen LogP contribution in [0.2, 0.25) is 0 Å². The molecule has 132 valence electrons. The minimum atomic E-state index is -0.378. The summed E-state index contributed by atoms with van der Waals surface area (Å²) in [4.78, 5) is 26.6. The highest BCUT2D eigenvalue weighted by atomic mass is 16.3.